The molecule has 1 amide bonds. The van der Waals surface area contributed by atoms with E-state index >= 15 is 0 Å². The van der Waals surface area contributed by atoms with E-state index < -0.39 is 0 Å². The molecule has 0 spiro atoms. The van der Waals surface area contributed by atoms with Crippen LogP contribution in [0.1, 0.15) is 53.6 Å². The molecule has 194 valence electrons. The topological polar surface area (TPSA) is 71.5 Å². The summed E-state index contributed by atoms with van der Waals surface area (Å²) in [6.07, 6.45) is 7.22. The van der Waals surface area contributed by atoms with E-state index in [0.29, 0.717) is 53.3 Å². The van der Waals surface area contributed by atoms with Crippen molar-refractivity contribution in [3.8, 4) is 11.5 Å². The van der Waals surface area contributed by atoms with Crippen molar-refractivity contribution in [2.24, 2.45) is 11.8 Å². The molecule has 1 N–H and O–H groups in total. The highest BCUT2D eigenvalue weighted by atomic mass is 35.5. The summed E-state index contributed by atoms with van der Waals surface area (Å²) in [6.45, 7) is 4.77. The number of nitrogens with one attached hydrogen (secondary N) is 1. The van der Waals surface area contributed by atoms with Crippen LogP contribution in [-0.4, -0.2) is 48.3 Å². The first-order chi connectivity index (χ1) is 17.9. The van der Waals surface area contributed by atoms with Crippen LogP contribution in [0.5, 0.6) is 11.5 Å². The number of ether oxygens (including phenoxy) is 1. The number of hydrogen-bond donors (Lipinski definition) is 1. The SMILES string of the molecule is Cc1cc2nccc(Oc3ccc(CC(=O)CC4CC4)c(Cl)c3)c2cc1C(=O)NCC1CCN(C)CC1. The number of nitrogens with zero attached hydrogens (tertiary/aromatic N) is 2. The van der Waals surface area contributed by atoms with Gasteiger partial charge in [0, 0.05) is 41.6 Å². The standard InChI is InChI=1S/C30H34ClN3O3/c1-19-13-28-26(17-25(19)30(36)33-18-21-8-11-34(2)12-9-21)29(7-10-32-28)37-24-6-5-22(27(31)16-24)15-23(35)14-20-3-4-20/h5-7,10,13,16-17,20-21H,3-4,8-9,11-12,14-15,18H2,1-2H3,(H,33,36). The lowest BCUT2D eigenvalue weighted by atomic mass is 9.97. The van der Waals surface area contributed by atoms with E-state index in [1.54, 1.807) is 18.3 Å². The summed E-state index contributed by atoms with van der Waals surface area (Å²) in [5.74, 6) is 2.41. The van der Waals surface area contributed by atoms with Crippen LogP contribution in [0.2, 0.25) is 5.02 Å². The van der Waals surface area contributed by atoms with Gasteiger partial charge in [-0.15, -0.1) is 0 Å². The maximum Gasteiger partial charge on any atom is 0.251 e. The van der Waals surface area contributed by atoms with Gasteiger partial charge in [-0.2, -0.15) is 0 Å². The van der Waals surface area contributed by atoms with Crippen LogP contribution in [0.25, 0.3) is 10.9 Å². The molecule has 1 aliphatic heterocycles. The summed E-state index contributed by atoms with van der Waals surface area (Å²) in [6, 6.07) is 11.0. The van der Waals surface area contributed by atoms with E-state index in [9.17, 15) is 9.59 Å². The van der Waals surface area contributed by atoms with Gasteiger partial charge in [0.2, 0.25) is 0 Å². The Morgan fingerprint density at radius 1 is 1.08 bits per heavy atom. The molecule has 0 unspecified atom stereocenters. The fourth-order valence-corrected chi connectivity index (χ4v) is 5.23. The normalized spacial score (nSPS) is 16.6. The lowest BCUT2D eigenvalue weighted by molar-refractivity contribution is -0.118. The highest BCUT2D eigenvalue weighted by molar-refractivity contribution is 6.31. The Morgan fingerprint density at radius 3 is 2.59 bits per heavy atom. The van der Waals surface area contributed by atoms with Gasteiger partial charge in [0.1, 0.15) is 17.3 Å². The minimum atomic E-state index is -0.0728. The maximum absolute atomic E-state index is 13.1. The second kappa shape index (κ2) is 11.2. The van der Waals surface area contributed by atoms with Crippen LogP contribution in [0.15, 0.2) is 42.6 Å². The van der Waals surface area contributed by atoms with Gasteiger partial charge in [-0.1, -0.05) is 17.7 Å². The maximum atomic E-state index is 13.1. The summed E-state index contributed by atoms with van der Waals surface area (Å²) in [4.78, 5) is 32.2. The molecule has 2 aromatic carbocycles. The predicted molar refractivity (Wildman–Crippen MR) is 147 cm³/mol. The lowest BCUT2D eigenvalue weighted by Gasteiger charge is -2.29. The van der Waals surface area contributed by atoms with Gasteiger partial charge < -0.3 is 15.0 Å². The Bertz CT molecular complexity index is 1310. The van der Waals surface area contributed by atoms with Crippen molar-refractivity contribution in [2.75, 3.05) is 26.7 Å². The molecule has 2 heterocycles. The largest absolute Gasteiger partial charge is 0.457 e. The van der Waals surface area contributed by atoms with Crippen molar-refractivity contribution in [1.82, 2.24) is 15.2 Å². The van der Waals surface area contributed by atoms with E-state index in [2.05, 4.69) is 22.2 Å². The van der Waals surface area contributed by atoms with Crippen molar-refractivity contribution in [1.29, 1.82) is 0 Å². The van der Waals surface area contributed by atoms with Gasteiger partial charge in [0.05, 0.1) is 5.52 Å². The number of halogens is 1. The first-order valence-corrected chi connectivity index (χ1v) is 13.6. The van der Waals surface area contributed by atoms with Crippen molar-refractivity contribution < 1.29 is 14.3 Å². The highest BCUT2D eigenvalue weighted by Gasteiger charge is 2.24. The molecular weight excluding hydrogens is 486 g/mol. The number of carbonyl (C=O) groups is 2. The van der Waals surface area contributed by atoms with E-state index in [4.69, 9.17) is 16.3 Å². The number of likely N-dealkylation sites (tertiary alicyclic amines) is 1. The van der Waals surface area contributed by atoms with Gasteiger partial charge in [-0.25, -0.2) is 0 Å². The molecule has 0 bridgehead atoms. The van der Waals surface area contributed by atoms with Crippen molar-refractivity contribution in [2.45, 2.75) is 45.4 Å². The average molecular weight is 520 g/mol. The second-order valence-corrected chi connectivity index (χ2v) is 11.1. The number of aryl methyl sites for hydroxylation is 1. The third kappa shape index (κ3) is 6.49. The molecule has 37 heavy (non-hydrogen) atoms. The molecule has 5 rings (SSSR count). The highest BCUT2D eigenvalue weighted by Crippen LogP contribution is 2.35. The van der Waals surface area contributed by atoms with E-state index in [1.165, 1.54) is 0 Å². The summed E-state index contributed by atoms with van der Waals surface area (Å²) < 4.78 is 6.20. The number of Topliss-reactive ketones (excluding diaryl/α,β-unsaturated/α-hetero) is 1. The Morgan fingerprint density at radius 2 is 1.86 bits per heavy atom. The monoisotopic (exact) mass is 519 g/mol. The second-order valence-electron chi connectivity index (χ2n) is 10.7. The fourth-order valence-electron chi connectivity index (χ4n) is 4.99. The molecule has 2 fully saturated rings. The Hall–Kier alpha value is -2.96. The summed E-state index contributed by atoms with van der Waals surface area (Å²) in [5.41, 5.74) is 3.08. The number of piperidine rings is 1. The number of aromatic nitrogens is 1. The van der Waals surface area contributed by atoms with Gasteiger partial charge in [-0.05, 0) is 106 Å². The molecule has 1 aromatic heterocycles. The molecule has 0 radical (unpaired) electrons. The van der Waals surface area contributed by atoms with E-state index in [1.807, 2.05) is 31.2 Å². The number of benzene rings is 2. The van der Waals surface area contributed by atoms with E-state index in [-0.39, 0.29) is 11.7 Å². The Kier molecular flexibility index (Phi) is 7.77. The number of pyridine rings is 1. The fraction of sp³-hybridized carbons (Fsp3) is 0.433. The first kappa shape index (κ1) is 25.7. The van der Waals surface area contributed by atoms with Crippen LogP contribution in [0.4, 0.5) is 0 Å². The van der Waals surface area contributed by atoms with Gasteiger partial charge in [0.15, 0.2) is 0 Å². The molecule has 2 aliphatic rings. The minimum Gasteiger partial charge on any atom is -0.457 e. The third-order valence-electron chi connectivity index (χ3n) is 7.53. The smallest absolute Gasteiger partial charge is 0.251 e. The molecule has 3 aromatic rings. The predicted octanol–water partition coefficient (Wildman–Crippen LogP) is 5.97. The Balaban J connectivity index is 1.31. The molecule has 6 nitrogen and oxygen atoms in total. The Labute approximate surface area is 223 Å². The lowest BCUT2D eigenvalue weighted by Crippen LogP contribution is -2.37. The van der Waals surface area contributed by atoms with Crippen LogP contribution >= 0.6 is 11.6 Å². The number of amides is 1. The number of carbonyl (C=O) groups excluding carboxylic acids is 2. The molecule has 1 saturated heterocycles. The number of rotatable bonds is 9. The van der Waals surface area contributed by atoms with Crippen LogP contribution < -0.4 is 10.1 Å². The van der Waals surface area contributed by atoms with Crippen LogP contribution in [-0.2, 0) is 11.2 Å². The van der Waals surface area contributed by atoms with Gasteiger partial charge in [0.25, 0.3) is 5.91 Å². The molecule has 1 saturated carbocycles. The molecule has 7 heteroatoms. The van der Waals surface area contributed by atoms with Gasteiger partial charge >= 0.3 is 0 Å². The average Bonchev–Trinajstić information content (AvgIpc) is 3.69. The first-order valence-electron chi connectivity index (χ1n) is 13.2. The van der Waals surface area contributed by atoms with Crippen molar-refractivity contribution in [3.63, 3.8) is 0 Å². The third-order valence-corrected chi connectivity index (χ3v) is 7.89. The van der Waals surface area contributed by atoms with Crippen LogP contribution in [0, 0.1) is 18.8 Å². The minimum absolute atomic E-state index is 0.0728. The number of fused-ring (bicyclic) bond motifs is 1. The summed E-state index contributed by atoms with van der Waals surface area (Å²) >= 11 is 6.50. The zero-order valence-electron chi connectivity index (χ0n) is 21.6. The zero-order chi connectivity index (χ0) is 25.9. The van der Waals surface area contributed by atoms with Gasteiger partial charge in [-0.3, -0.25) is 14.6 Å². The molecule has 0 atom stereocenters. The number of ketones is 1. The quantitative estimate of drug-likeness (QED) is 0.377. The zero-order valence-corrected chi connectivity index (χ0v) is 22.3. The van der Waals surface area contributed by atoms with Crippen molar-refractivity contribution >= 4 is 34.2 Å². The summed E-state index contributed by atoms with van der Waals surface area (Å²) in [7, 11) is 2.14. The molecule has 1 aliphatic carbocycles. The molecular formula is C30H34ClN3O3. The van der Waals surface area contributed by atoms with E-state index in [0.717, 1.165) is 60.8 Å². The summed E-state index contributed by atoms with van der Waals surface area (Å²) in [5, 5.41) is 4.42. The number of hydrogen-bond acceptors (Lipinski definition) is 5. The van der Waals surface area contributed by atoms with Crippen LogP contribution in [0.3, 0.4) is 0 Å². The van der Waals surface area contributed by atoms with Crippen molar-refractivity contribution in [3.05, 3.63) is 64.3 Å².